The van der Waals surface area contributed by atoms with Crippen LogP contribution < -0.4 is 0 Å². The fraction of sp³-hybridized carbons (Fsp3) is 0.500. The van der Waals surface area contributed by atoms with E-state index in [9.17, 15) is 0 Å². The molecule has 2 fully saturated rings. The number of hydrogen-bond acceptors (Lipinski definition) is 0. The van der Waals surface area contributed by atoms with Crippen molar-refractivity contribution in [3.05, 3.63) is 61.4 Å². The molecule has 2 heteroatoms. The standard InChI is InChI=1S/C20H26Si.Zr/c1-21(2,19-11-15-7-3-4-8-16(15)12-19)20-13-17-9-5-6-10-18(17)14-20;/h3-11,13,15-20H,12,14H2,1-2H3;/q-2;+2. The summed E-state index contributed by atoms with van der Waals surface area (Å²) in [5.74, 6) is 3.01. The van der Waals surface area contributed by atoms with Gasteiger partial charge in [0.15, 0.2) is 0 Å². The molecule has 0 aliphatic heterocycles. The van der Waals surface area contributed by atoms with Gasteiger partial charge >= 0.3 is 26.2 Å². The minimum Gasteiger partial charge on any atom is -0.321 e. The summed E-state index contributed by atoms with van der Waals surface area (Å²) in [6.07, 6.45) is 26.9. The Morgan fingerprint density at radius 3 is 1.55 bits per heavy atom. The zero-order chi connectivity index (χ0) is 14.4. The average Bonchev–Trinajstić information content (AvgIpc) is 3.11. The summed E-state index contributed by atoms with van der Waals surface area (Å²) < 4.78 is 0. The van der Waals surface area contributed by atoms with Gasteiger partial charge in [0, 0.05) is 0 Å². The third-order valence-corrected chi connectivity index (χ3v) is 11.1. The van der Waals surface area contributed by atoms with Crippen molar-refractivity contribution in [2.75, 3.05) is 0 Å². The van der Waals surface area contributed by atoms with Crippen molar-refractivity contribution in [1.29, 1.82) is 0 Å². The van der Waals surface area contributed by atoms with Crippen molar-refractivity contribution in [2.45, 2.75) is 37.0 Å². The normalized spacial score (nSPS) is 42.1. The Kier molecular flexibility index (Phi) is 5.01. The van der Waals surface area contributed by atoms with Gasteiger partial charge in [-0.2, -0.15) is 11.1 Å². The van der Waals surface area contributed by atoms with Gasteiger partial charge in [-0.3, -0.25) is 0 Å². The molecule has 6 unspecified atom stereocenters. The van der Waals surface area contributed by atoms with E-state index in [4.69, 9.17) is 0 Å². The number of allylic oxidation sites excluding steroid dienone is 8. The zero-order valence-electron chi connectivity index (χ0n) is 13.7. The fourth-order valence-corrected chi connectivity index (χ4v) is 8.63. The first-order valence-electron chi connectivity index (χ1n) is 8.54. The second-order valence-electron chi connectivity index (χ2n) is 7.91. The van der Waals surface area contributed by atoms with Crippen molar-refractivity contribution in [2.24, 2.45) is 23.7 Å². The van der Waals surface area contributed by atoms with Crippen LogP contribution in [0.3, 0.4) is 0 Å². The second-order valence-corrected chi connectivity index (χ2v) is 13.0. The molecule has 6 atom stereocenters. The molecule has 0 aromatic carbocycles. The third kappa shape index (κ3) is 2.91. The molecule has 22 heavy (non-hydrogen) atoms. The molecule has 4 rings (SSSR count). The second kappa shape index (κ2) is 6.52. The van der Waals surface area contributed by atoms with E-state index in [0.717, 1.165) is 34.8 Å². The van der Waals surface area contributed by atoms with Crippen molar-refractivity contribution < 1.29 is 26.2 Å². The Hall–Kier alpha value is 0.0600. The van der Waals surface area contributed by atoms with Gasteiger partial charge in [-0.15, -0.1) is 24.0 Å². The van der Waals surface area contributed by atoms with Crippen LogP contribution >= 0.6 is 0 Å². The quantitative estimate of drug-likeness (QED) is 0.443. The summed E-state index contributed by atoms with van der Waals surface area (Å²) in [6.45, 7) is 5.29. The molecule has 0 amide bonds. The van der Waals surface area contributed by atoms with Gasteiger partial charge in [-0.05, 0) is 19.9 Å². The minimum absolute atomic E-state index is 0. The first-order valence-corrected chi connectivity index (χ1v) is 11.7. The van der Waals surface area contributed by atoms with Crippen LogP contribution in [0.5, 0.6) is 0 Å². The summed E-state index contributed by atoms with van der Waals surface area (Å²) in [4.78, 5) is 0. The van der Waals surface area contributed by atoms with Crippen molar-refractivity contribution in [1.82, 2.24) is 0 Å². The van der Waals surface area contributed by atoms with E-state index >= 15 is 0 Å². The van der Waals surface area contributed by atoms with Gasteiger partial charge in [-0.1, -0.05) is 62.4 Å². The molecule has 114 valence electrons. The van der Waals surface area contributed by atoms with Crippen LogP contribution in [0.25, 0.3) is 0 Å². The molecule has 0 radical (unpaired) electrons. The molecule has 0 spiro atoms. The largest absolute Gasteiger partial charge is 2.00 e. The summed E-state index contributed by atoms with van der Waals surface area (Å²) >= 11 is 0. The Morgan fingerprint density at radius 2 is 1.14 bits per heavy atom. The van der Waals surface area contributed by atoms with E-state index in [-0.39, 0.29) is 26.2 Å². The van der Waals surface area contributed by atoms with Crippen LogP contribution in [0.15, 0.2) is 48.6 Å². The Morgan fingerprint density at radius 1 is 0.727 bits per heavy atom. The molecule has 0 aromatic rings. The molecule has 0 saturated heterocycles. The Bertz CT molecular complexity index is 442. The van der Waals surface area contributed by atoms with E-state index in [2.05, 4.69) is 74.5 Å². The van der Waals surface area contributed by atoms with E-state index in [0.29, 0.717) is 0 Å². The monoisotopic (exact) mass is 384 g/mol. The maximum Gasteiger partial charge on any atom is 2.00 e. The van der Waals surface area contributed by atoms with Crippen molar-refractivity contribution >= 4 is 8.07 Å². The van der Waals surface area contributed by atoms with Crippen LogP contribution in [-0.4, -0.2) is 8.07 Å². The molecule has 0 N–H and O–H groups in total. The van der Waals surface area contributed by atoms with Crippen LogP contribution in [0.4, 0.5) is 0 Å². The molecule has 0 nitrogen and oxygen atoms in total. The minimum atomic E-state index is -1.26. The van der Waals surface area contributed by atoms with Crippen molar-refractivity contribution in [3.8, 4) is 0 Å². The van der Waals surface area contributed by atoms with E-state index in [1.165, 1.54) is 12.8 Å². The van der Waals surface area contributed by atoms with Gasteiger partial charge < -0.3 is 12.8 Å². The molecular weight excluding hydrogens is 360 g/mol. The maximum absolute atomic E-state index is 2.71. The van der Waals surface area contributed by atoms with Gasteiger partial charge in [0.1, 0.15) is 0 Å². The van der Waals surface area contributed by atoms with E-state index < -0.39 is 8.07 Å². The Labute approximate surface area is 156 Å². The van der Waals surface area contributed by atoms with Gasteiger partial charge in [-0.25, -0.2) is 0 Å². The topological polar surface area (TPSA) is 0 Å². The number of rotatable bonds is 2. The number of fused-ring (bicyclic) bond motifs is 2. The molecule has 4 aliphatic rings. The molecule has 0 aromatic heterocycles. The predicted octanol–water partition coefficient (Wildman–Crippen LogP) is 5.37. The molecule has 2 saturated carbocycles. The predicted molar refractivity (Wildman–Crippen MR) is 93.3 cm³/mol. The molecule has 4 aliphatic carbocycles. The molecule has 0 bridgehead atoms. The van der Waals surface area contributed by atoms with Crippen LogP contribution in [0.1, 0.15) is 12.8 Å². The summed E-state index contributed by atoms with van der Waals surface area (Å²) in [6, 6.07) is 0. The van der Waals surface area contributed by atoms with E-state index in [1.807, 2.05) is 0 Å². The van der Waals surface area contributed by atoms with Crippen LogP contribution in [0.2, 0.25) is 24.2 Å². The fourth-order valence-electron chi connectivity index (χ4n) is 4.88. The van der Waals surface area contributed by atoms with Gasteiger partial charge in [0.2, 0.25) is 0 Å². The van der Waals surface area contributed by atoms with Gasteiger partial charge in [0.05, 0.1) is 0 Å². The first kappa shape index (κ1) is 16.9. The summed E-state index contributed by atoms with van der Waals surface area (Å²) in [7, 11) is -1.26. The third-order valence-electron chi connectivity index (χ3n) is 6.47. The zero-order valence-corrected chi connectivity index (χ0v) is 17.1. The van der Waals surface area contributed by atoms with Crippen LogP contribution in [0, 0.1) is 36.5 Å². The number of hydrogen-bond donors (Lipinski definition) is 0. The molecular formula is C20H26SiZr. The summed E-state index contributed by atoms with van der Waals surface area (Å²) in [5, 5.41) is 0. The molecule has 0 heterocycles. The average molecular weight is 386 g/mol. The Balaban J connectivity index is 0.00000144. The maximum atomic E-state index is 2.71. The van der Waals surface area contributed by atoms with Crippen LogP contribution in [-0.2, 0) is 26.2 Å². The smallest absolute Gasteiger partial charge is 0.321 e. The van der Waals surface area contributed by atoms with E-state index in [1.54, 1.807) is 0 Å². The van der Waals surface area contributed by atoms with Crippen molar-refractivity contribution in [3.63, 3.8) is 0 Å². The van der Waals surface area contributed by atoms with Gasteiger partial charge in [0.25, 0.3) is 0 Å². The SMILES string of the molecule is C[Si](C)(C1[CH-]C2C=CC=CC2C1)C1[CH-]C2C=CC=CC2C1.[Zr+2]. The first-order chi connectivity index (χ1) is 10.1. The summed E-state index contributed by atoms with van der Waals surface area (Å²) in [5.41, 5.74) is 1.77.